The SMILES string of the molecule is CCC(C)(CC)c1ccc(CN(Cc2cccc(N(CC(=O)O)C(=O)OC(C)(C)C)n2)S(=O)(=O)c2cccnc2)cc1. The third-order valence-electron chi connectivity index (χ3n) is 7.16. The van der Waals surface area contributed by atoms with Gasteiger partial charge in [0.1, 0.15) is 22.9 Å². The number of ether oxygens (including phenoxy) is 1. The minimum atomic E-state index is -4.01. The maximum absolute atomic E-state index is 13.8. The molecule has 0 aliphatic carbocycles. The number of hydrogen-bond acceptors (Lipinski definition) is 7. The van der Waals surface area contributed by atoms with Gasteiger partial charge in [-0.2, -0.15) is 4.31 Å². The fourth-order valence-electron chi connectivity index (χ4n) is 4.33. The molecular formula is C31H40N4O6S. The quantitative estimate of drug-likeness (QED) is 0.279. The first-order valence-electron chi connectivity index (χ1n) is 13.9. The van der Waals surface area contributed by atoms with Crippen LogP contribution in [0.25, 0.3) is 0 Å². The van der Waals surface area contributed by atoms with Gasteiger partial charge in [-0.25, -0.2) is 18.2 Å². The Morgan fingerprint density at radius 3 is 2.14 bits per heavy atom. The van der Waals surface area contributed by atoms with E-state index < -0.39 is 34.2 Å². The zero-order chi connectivity index (χ0) is 31.1. The highest BCUT2D eigenvalue weighted by atomic mass is 32.2. The molecule has 1 aromatic carbocycles. The van der Waals surface area contributed by atoms with Crippen LogP contribution in [0, 0.1) is 0 Å². The van der Waals surface area contributed by atoms with E-state index in [0.29, 0.717) is 5.69 Å². The van der Waals surface area contributed by atoms with Gasteiger partial charge < -0.3 is 9.84 Å². The maximum atomic E-state index is 13.8. The van der Waals surface area contributed by atoms with E-state index in [1.54, 1.807) is 39.0 Å². The summed E-state index contributed by atoms with van der Waals surface area (Å²) < 4.78 is 34.2. The number of anilines is 1. The minimum Gasteiger partial charge on any atom is -0.480 e. The second-order valence-electron chi connectivity index (χ2n) is 11.4. The lowest BCUT2D eigenvalue weighted by Gasteiger charge is -2.28. The molecule has 10 nitrogen and oxygen atoms in total. The summed E-state index contributed by atoms with van der Waals surface area (Å²) in [4.78, 5) is 33.8. The van der Waals surface area contributed by atoms with Crippen molar-refractivity contribution in [2.45, 2.75) is 83.4 Å². The number of amides is 1. The van der Waals surface area contributed by atoms with Crippen LogP contribution in [0.4, 0.5) is 10.6 Å². The summed E-state index contributed by atoms with van der Waals surface area (Å²) in [5, 5.41) is 9.43. The zero-order valence-corrected chi connectivity index (χ0v) is 25.9. The average molecular weight is 597 g/mol. The number of carboxylic acids is 1. The first-order chi connectivity index (χ1) is 19.7. The molecule has 1 N–H and O–H groups in total. The molecule has 0 saturated carbocycles. The van der Waals surface area contributed by atoms with Gasteiger partial charge in [-0.1, -0.05) is 51.1 Å². The number of sulfonamides is 1. The third-order valence-corrected chi connectivity index (χ3v) is 8.93. The van der Waals surface area contributed by atoms with Crippen LogP contribution in [0.3, 0.4) is 0 Å². The standard InChI is InChI=1S/C31H40N4O6S/c1-7-31(6,8-2)24-16-14-23(15-17-24)20-34(42(39,40)26-12-10-18-32-19-26)21-25-11-9-13-27(33-25)35(22-28(36)37)29(38)41-30(3,4)5/h9-19H,7-8,20-22H2,1-6H3,(H,36,37). The van der Waals surface area contributed by atoms with E-state index in [0.717, 1.165) is 23.3 Å². The fourth-order valence-corrected chi connectivity index (χ4v) is 5.69. The van der Waals surface area contributed by atoms with Gasteiger partial charge >= 0.3 is 12.1 Å². The summed E-state index contributed by atoms with van der Waals surface area (Å²) >= 11 is 0. The molecule has 2 heterocycles. The van der Waals surface area contributed by atoms with Gasteiger partial charge in [0.2, 0.25) is 10.0 Å². The molecule has 0 fully saturated rings. The van der Waals surface area contributed by atoms with Crippen molar-refractivity contribution >= 4 is 27.9 Å². The Hall–Kier alpha value is -3.83. The summed E-state index contributed by atoms with van der Waals surface area (Å²) in [6.07, 6.45) is 3.88. The van der Waals surface area contributed by atoms with Crippen molar-refractivity contribution in [2.24, 2.45) is 0 Å². The Balaban J connectivity index is 1.99. The molecule has 1 amide bonds. The van der Waals surface area contributed by atoms with E-state index in [-0.39, 0.29) is 29.2 Å². The Kier molecular flexibility index (Phi) is 10.5. The van der Waals surface area contributed by atoms with E-state index in [4.69, 9.17) is 4.74 Å². The van der Waals surface area contributed by atoms with Crippen molar-refractivity contribution in [3.8, 4) is 0 Å². The van der Waals surface area contributed by atoms with Crippen LogP contribution in [0.15, 0.2) is 71.9 Å². The number of pyridine rings is 2. The van der Waals surface area contributed by atoms with Crippen molar-refractivity contribution in [1.29, 1.82) is 0 Å². The Bertz CT molecular complexity index is 1470. The number of rotatable bonds is 12. The summed E-state index contributed by atoms with van der Waals surface area (Å²) in [6, 6.07) is 15.7. The molecule has 0 aliphatic heterocycles. The number of aromatic nitrogens is 2. The van der Waals surface area contributed by atoms with Gasteiger partial charge in [0.15, 0.2) is 0 Å². The fraction of sp³-hybridized carbons (Fsp3) is 0.419. The minimum absolute atomic E-state index is 0.0281. The van der Waals surface area contributed by atoms with E-state index >= 15 is 0 Å². The maximum Gasteiger partial charge on any atom is 0.416 e. The van der Waals surface area contributed by atoms with Crippen LogP contribution in [0.2, 0.25) is 0 Å². The lowest BCUT2D eigenvalue weighted by Crippen LogP contribution is -2.40. The molecule has 2 aromatic heterocycles. The Morgan fingerprint density at radius 2 is 1.60 bits per heavy atom. The van der Waals surface area contributed by atoms with E-state index in [1.807, 2.05) is 24.3 Å². The molecule has 0 radical (unpaired) electrons. The number of carboxylic acid groups (broad SMARTS) is 1. The predicted octanol–water partition coefficient (Wildman–Crippen LogP) is 5.77. The van der Waals surface area contributed by atoms with Crippen LogP contribution in [0.1, 0.15) is 71.2 Å². The monoisotopic (exact) mass is 596 g/mol. The van der Waals surface area contributed by atoms with E-state index in [1.165, 1.54) is 34.4 Å². The Morgan fingerprint density at radius 1 is 0.929 bits per heavy atom. The molecule has 0 saturated heterocycles. The first-order valence-corrected chi connectivity index (χ1v) is 15.3. The molecule has 3 rings (SSSR count). The highest BCUT2D eigenvalue weighted by Gasteiger charge is 2.29. The summed E-state index contributed by atoms with van der Waals surface area (Å²) in [5.74, 6) is -1.22. The average Bonchev–Trinajstić information content (AvgIpc) is 2.95. The highest BCUT2D eigenvalue weighted by Crippen LogP contribution is 2.31. The second kappa shape index (κ2) is 13.4. The third kappa shape index (κ3) is 8.36. The number of carbonyl (C=O) groups excluding carboxylic acids is 1. The number of hydrogen-bond donors (Lipinski definition) is 1. The molecule has 0 unspecified atom stereocenters. The van der Waals surface area contributed by atoms with Crippen LogP contribution in [0.5, 0.6) is 0 Å². The van der Waals surface area contributed by atoms with Crippen molar-refractivity contribution in [3.63, 3.8) is 0 Å². The number of carbonyl (C=O) groups is 2. The molecule has 3 aromatic rings. The molecule has 0 aliphatic rings. The summed E-state index contributed by atoms with van der Waals surface area (Å²) in [5.41, 5.74) is 1.47. The molecule has 0 spiro atoms. The second-order valence-corrected chi connectivity index (χ2v) is 13.3. The Labute approximate surface area is 248 Å². The summed E-state index contributed by atoms with van der Waals surface area (Å²) in [6.45, 7) is 10.8. The van der Waals surface area contributed by atoms with E-state index in [9.17, 15) is 23.1 Å². The highest BCUT2D eigenvalue weighted by molar-refractivity contribution is 7.89. The van der Waals surface area contributed by atoms with Gasteiger partial charge in [-0.05, 0) is 74.4 Å². The number of aliphatic carboxylic acids is 1. The molecule has 226 valence electrons. The van der Waals surface area contributed by atoms with Crippen molar-refractivity contribution in [3.05, 3.63) is 83.8 Å². The predicted molar refractivity (Wildman–Crippen MR) is 160 cm³/mol. The van der Waals surface area contributed by atoms with Gasteiger partial charge in [0, 0.05) is 18.9 Å². The number of nitrogens with zero attached hydrogens (tertiary/aromatic N) is 4. The zero-order valence-electron chi connectivity index (χ0n) is 25.1. The van der Waals surface area contributed by atoms with Crippen molar-refractivity contribution in [2.75, 3.05) is 11.4 Å². The summed E-state index contributed by atoms with van der Waals surface area (Å²) in [7, 11) is -4.01. The van der Waals surface area contributed by atoms with Crippen LogP contribution in [-0.4, -0.2) is 52.0 Å². The molecule has 0 bridgehead atoms. The van der Waals surface area contributed by atoms with Gasteiger partial charge in [0.05, 0.1) is 12.2 Å². The lowest BCUT2D eigenvalue weighted by molar-refractivity contribution is -0.135. The lowest BCUT2D eigenvalue weighted by atomic mass is 9.78. The molecular weight excluding hydrogens is 556 g/mol. The normalized spacial score (nSPS) is 12.3. The van der Waals surface area contributed by atoms with Crippen molar-refractivity contribution in [1.82, 2.24) is 14.3 Å². The molecule has 42 heavy (non-hydrogen) atoms. The van der Waals surface area contributed by atoms with Gasteiger partial charge in [-0.3, -0.25) is 14.7 Å². The first kappa shape index (κ1) is 32.7. The van der Waals surface area contributed by atoms with Crippen LogP contribution >= 0.6 is 0 Å². The number of benzene rings is 1. The smallest absolute Gasteiger partial charge is 0.416 e. The largest absolute Gasteiger partial charge is 0.480 e. The topological polar surface area (TPSA) is 130 Å². The van der Waals surface area contributed by atoms with Gasteiger partial charge in [0.25, 0.3) is 0 Å². The molecule has 11 heteroatoms. The van der Waals surface area contributed by atoms with Crippen LogP contribution < -0.4 is 4.90 Å². The van der Waals surface area contributed by atoms with Gasteiger partial charge in [-0.15, -0.1) is 0 Å². The van der Waals surface area contributed by atoms with Crippen LogP contribution in [-0.2, 0) is 38.1 Å². The molecule has 0 atom stereocenters. The van der Waals surface area contributed by atoms with Crippen molar-refractivity contribution < 1.29 is 27.9 Å². The van der Waals surface area contributed by atoms with E-state index in [2.05, 4.69) is 30.7 Å².